The summed E-state index contributed by atoms with van der Waals surface area (Å²) in [6.07, 6.45) is 14.1. The van der Waals surface area contributed by atoms with Crippen molar-refractivity contribution >= 4 is 0 Å². The number of hydrogen-bond acceptors (Lipinski definition) is 2. The highest BCUT2D eigenvalue weighted by Gasteiger charge is 2.43. The molecule has 0 aromatic carbocycles. The molecule has 1 atom stereocenters. The third-order valence-electron chi connectivity index (χ3n) is 5.26. The van der Waals surface area contributed by atoms with Gasteiger partial charge < -0.3 is 5.32 Å². The summed E-state index contributed by atoms with van der Waals surface area (Å²) in [7, 11) is 2.16. The topological polar surface area (TPSA) is 15.3 Å². The number of allylic oxidation sites excluding steroid dienone is 1. The zero-order valence-electron chi connectivity index (χ0n) is 14.1. The molecule has 0 saturated heterocycles. The lowest BCUT2D eigenvalue weighted by Gasteiger charge is -2.46. The summed E-state index contributed by atoms with van der Waals surface area (Å²) in [5.41, 5.74) is 0.427. The van der Waals surface area contributed by atoms with Crippen molar-refractivity contribution in [2.75, 3.05) is 20.1 Å². The Labute approximate surface area is 127 Å². The monoisotopic (exact) mass is 280 g/mol. The highest BCUT2D eigenvalue weighted by Crippen LogP contribution is 2.39. The van der Waals surface area contributed by atoms with Gasteiger partial charge in [-0.1, -0.05) is 45.6 Å². The van der Waals surface area contributed by atoms with E-state index in [-0.39, 0.29) is 0 Å². The molecule has 0 aromatic rings. The fourth-order valence-electron chi connectivity index (χ4n) is 4.22. The van der Waals surface area contributed by atoms with Crippen LogP contribution >= 0.6 is 0 Å². The summed E-state index contributed by atoms with van der Waals surface area (Å²) < 4.78 is 0. The summed E-state index contributed by atoms with van der Waals surface area (Å²) in [5.74, 6) is 0. The van der Waals surface area contributed by atoms with Gasteiger partial charge in [-0.2, -0.15) is 0 Å². The average molecular weight is 280 g/mol. The zero-order chi connectivity index (χ0) is 14.8. The van der Waals surface area contributed by atoms with E-state index in [4.69, 9.17) is 0 Å². The van der Waals surface area contributed by atoms with Crippen LogP contribution in [0.2, 0.25) is 0 Å². The van der Waals surface area contributed by atoms with E-state index in [1.165, 1.54) is 70.9 Å². The van der Waals surface area contributed by atoms with Crippen molar-refractivity contribution in [1.29, 1.82) is 0 Å². The van der Waals surface area contributed by atoms with Gasteiger partial charge in [-0.3, -0.25) is 4.90 Å². The highest BCUT2D eigenvalue weighted by molar-refractivity contribution is 5.02. The third kappa shape index (κ3) is 4.33. The van der Waals surface area contributed by atoms with Crippen LogP contribution in [0.4, 0.5) is 0 Å². The average Bonchev–Trinajstić information content (AvgIpc) is 2.94. The predicted molar refractivity (Wildman–Crippen MR) is 90.2 cm³/mol. The predicted octanol–water partition coefficient (Wildman–Crippen LogP) is 4.37. The van der Waals surface area contributed by atoms with Crippen molar-refractivity contribution in [2.24, 2.45) is 0 Å². The summed E-state index contributed by atoms with van der Waals surface area (Å²) in [4.78, 5) is 2.73. The maximum absolute atomic E-state index is 3.81. The Balaban J connectivity index is 2.59. The van der Waals surface area contributed by atoms with Gasteiger partial charge in [-0.15, -0.1) is 6.58 Å². The van der Waals surface area contributed by atoms with Gasteiger partial charge in [0.1, 0.15) is 0 Å². The molecule has 0 radical (unpaired) electrons. The van der Waals surface area contributed by atoms with E-state index in [1.807, 2.05) is 6.08 Å². The fraction of sp³-hybridized carbons (Fsp3) is 0.889. The van der Waals surface area contributed by atoms with Gasteiger partial charge in [-0.25, -0.2) is 0 Å². The van der Waals surface area contributed by atoms with Gasteiger partial charge in [0.25, 0.3) is 0 Å². The van der Waals surface area contributed by atoms with Gasteiger partial charge in [0.2, 0.25) is 0 Å². The lowest BCUT2D eigenvalue weighted by atomic mass is 9.83. The molecule has 1 fully saturated rings. The standard InChI is InChI=1S/C18H36N2/c1-5-8-9-10-11-14-17(19-4)18(15-12-13-16-18)20(6-2)7-3/h5,17,19H,1,6-16H2,2-4H3. The van der Waals surface area contributed by atoms with Gasteiger partial charge >= 0.3 is 0 Å². The summed E-state index contributed by atoms with van der Waals surface area (Å²) in [5, 5.41) is 3.66. The number of nitrogens with zero attached hydrogens (tertiary/aromatic N) is 1. The van der Waals surface area contributed by atoms with E-state index >= 15 is 0 Å². The van der Waals surface area contributed by atoms with E-state index in [2.05, 4.69) is 37.7 Å². The van der Waals surface area contributed by atoms with Crippen LogP contribution in [0, 0.1) is 0 Å². The first-order chi connectivity index (χ1) is 9.75. The molecule has 1 saturated carbocycles. The van der Waals surface area contributed by atoms with E-state index in [9.17, 15) is 0 Å². The molecule has 2 heteroatoms. The van der Waals surface area contributed by atoms with Crippen LogP contribution in [-0.2, 0) is 0 Å². The lowest BCUT2D eigenvalue weighted by Crippen LogP contribution is -2.59. The third-order valence-corrected chi connectivity index (χ3v) is 5.26. The molecule has 0 aliphatic heterocycles. The largest absolute Gasteiger partial charge is 0.315 e. The number of unbranched alkanes of at least 4 members (excludes halogenated alkanes) is 3. The number of nitrogens with one attached hydrogen (secondary N) is 1. The Hall–Kier alpha value is -0.340. The van der Waals surface area contributed by atoms with Gasteiger partial charge in [0.05, 0.1) is 0 Å². The van der Waals surface area contributed by atoms with Crippen LogP contribution < -0.4 is 5.32 Å². The number of likely N-dealkylation sites (N-methyl/N-ethyl adjacent to an activating group) is 2. The summed E-state index contributed by atoms with van der Waals surface area (Å²) in [6, 6.07) is 0.661. The number of hydrogen-bond donors (Lipinski definition) is 1. The molecule has 1 aliphatic rings. The van der Waals surface area contributed by atoms with Gasteiger partial charge in [0, 0.05) is 11.6 Å². The minimum atomic E-state index is 0.427. The van der Waals surface area contributed by atoms with Crippen LogP contribution in [0.3, 0.4) is 0 Å². The Morgan fingerprint density at radius 2 is 1.80 bits per heavy atom. The van der Waals surface area contributed by atoms with Crippen molar-refractivity contribution < 1.29 is 0 Å². The Morgan fingerprint density at radius 3 is 2.30 bits per heavy atom. The van der Waals surface area contributed by atoms with Crippen LogP contribution in [0.15, 0.2) is 12.7 Å². The van der Waals surface area contributed by atoms with Crippen LogP contribution in [-0.4, -0.2) is 36.6 Å². The highest BCUT2D eigenvalue weighted by atomic mass is 15.2. The Bertz CT molecular complexity index is 252. The van der Waals surface area contributed by atoms with Crippen LogP contribution in [0.1, 0.15) is 71.6 Å². The minimum absolute atomic E-state index is 0.427. The summed E-state index contributed by atoms with van der Waals surface area (Å²) in [6.45, 7) is 10.8. The number of rotatable bonds is 11. The van der Waals surface area contributed by atoms with Gasteiger partial charge in [0.15, 0.2) is 0 Å². The maximum Gasteiger partial charge on any atom is 0.0362 e. The molecule has 1 rings (SSSR count). The van der Waals surface area contributed by atoms with Crippen molar-refractivity contribution in [1.82, 2.24) is 10.2 Å². The second-order valence-electron chi connectivity index (χ2n) is 6.25. The molecule has 0 aromatic heterocycles. The normalized spacial score (nSPS) is 19.4. The van der Waals surface area contributed by atoms with Crippen molar-refractivity contribution in [3.8, 4) is 0 Å². The second kappa shape index (κ2) is 9.57. The minimum Gasteiger partial charge on any atom is -0.315 e. The maximum atomic E-state index is 3.81. The smallest absolute Gasteiger partial charge is 0.0362 e. The molecule has 0 spiro atoms. The van der Waals surface area contributed by atoms with Crippen molar-refractivity contribution in [2.45, 2.75) is 83.2 Å². The molecule has 1 N–H and O–H groups in total. The SMILES string of the molecule is C=CCCCCCC(NC)C1(N(CC)CC)CCCC1. The van der Waals surface area contributed by atoms with E-state index in [1.54, 1.807) is 0 Å². The van der Waals surface area contributed by atoms with Gasteiger partial charge in [-0.05, 0) is 52.2 Å². The molecule has 0 amide bonds. The van der Waals surface area contributed by atoms with Crippen molar-refractivity contribution in [3.05, 3.63) is 12.7 Å². The second-order valence-corrected chi connectivity index (χ2v) is 6.25. The molecule has 1 unspecified atom stereocenters. The van der Waals surface area contributed by atoms with E-state index < -0.39 is 0 Å². The lowest BCUT2D eigenvalue weighted by molar-refractivity contribution is 0.0615. The fourth-order valence-corrected chi connectivity index (χ4v) is 4.22. The first-order valence-corrected chi connectivity index (χ1v) is 8.78. The summed E-state index contributed by atoms with van der Waals surface area (Å²) >= 11 is 0. The van der Waals surface area contributed by atoms with Crippen molar-refractivity contribution in [3.63, 3.8) is 0 Å². The molecule has 0 bridgehead atoms. The molecular formula is C18H36N2. The van der Waals surface area contributed by atoms with Crippen LogP contribution in [0.5, 0.6) is 0 Å². The first kappa shape index (κ1) is 17.7. The molecule has 0 heterocycles. The molecule has 118 valence electrons. The molecular weight excluding hydrogens is 244 g/mol. The molecule has 20 heavy (non-hydrogen) atoms. The Kier molecular flexibility index (Phi) is 8.47. The van der Waals surface area contributed by atoms with E-state index in [0.717, 1.165) is 0 Å². The quantitative estimate of drug-likeness (QED) is 0.447. The first-order valence-electron chi connectivity index (χ1n) is 8.78. The zero-order valence-corrected chi connectivity index (χ0v) is 14.1. The molecule has 1 aliphatic carbocycles. The van der Waals surface area contributed by atoms with Crippen LogP contribution in [0.25, 0.3) is 0 Å². The Morgan fingerprint density at radius 1 is 1.15 bits per heavy atom. The molecule has 2 nitrogen and oxygen atoms in total. The van der Waals surface area contributed by atoms with E-state index in [0.29, 0.717) is 11.6 Å².